The quantitative estimate of drug-likeness (QED) is 0.911. The summed E-state index contributed by atoms with van der Waals surface area (Å²) < 4.78 is 0. The zero-order chi connectivity index (χ0) is 13.9. The fourth-order valence-electron chi connectivity index (χ4n) is 2.36. The van der Waals surface area contributed by atoms with Crippen molar-refractivity contribution < 1.29 is 4.79 Å². The van der Waals surface area contributed by atoms with Crippen molar-refractivity contribution in [3.8, 4) is 0 Å². The lowest BCUT2D eigenvalue weighted by Gasteiger charge is -2.08. The van der Waals surface area contributed by atoms with E-state index in [0.29, 0.717) is 17.1 Å². The lowest BCUT2D eigenvalue weighted by molar-refractivity contribution is 0.0951. The van der Waals surface area contributed by atoms with E-state index in [1.807, 2.05) is 42.5 Å². The van der Waals surface area contributed by atoms with Gasteiger partial charge in [0.05, 0.1) is 0 Å². The van der Waals surface area contributed by atoms with Crippen molar-refractivity contribution in [2.45, 2.75) is 19.6 Å². The van der Waals surface area contributed by atoms with Gasteiger partial charge in [-0.15, -0.1) is 0 Å². The summed E-state index contributed by atoms with van der Waals surface area (Å²) in [5.41, 5.74) is 4.09. The third-order valence-electron chi connectivity index (χ3n) is 3.50. The molecule has 1 aliphatic heterocycles. The summed E-state index contributed by atoms with van der Waals surface area (Å²) >= 11 is 6.07. The van der Waals surface area contributed by atoms with Gasteiger partial charge in [-0.25, -0.2) is 0 Å². The summed E-state index contributed by atoms with van der Waals surface area (Å²) in [4.78, 5) is 12.2. The van der Waals surface area contributed by atoms with Crippen LogP contribution in [0.2, 0.25) is 5.02 Å². The van der Waals surface area contributed by atoms with E-state index in [1.54, 1.807) is 0 Å². The Morgan fingerprint density at radius 2 is 1.95 bits per heavy atom. The predicted octanol–water partition coefficient (Wildman–Crippen LogP) is 2.87. The van der Waals surface area contributed by atoms with Crippen LogP contribution in [0.15, 0.2) is 42.5 Å². The molecule has 102 valence electrons. The summed E-state index contributed by atoms with van der Waals surface area (Å²) in [6, 6.07) is 13.4. The monoisotopic (exact) mass is 286 g/mol. The molecule has 0 aliphatic carbocycles. The van der Waals surface area contributed by atoms with Crippen molar-refractivity contribution in [1.29, 1.82) is 0 Å². The number of nitrogens with one attached hydrogen (secondary N) is 2. The van der Waals surface area contributed by atoms with Gasteiger partial charge in [0.2, 0.25) is 0 Å². The lowest BCUT2D eigenvalue weighted by atomic mass is 10.1. The minimum atomic E-state index is -0.0698. The molecule has 0 aromatic heterocycles. The van der Waals surface area contributed by atoms with Gasteiger partial charge < -0.3 is 10.6 Å². The fraction of sp³-hybridized carbons (Fsp3) is 0.188. The van der Waals surface area contributed by atoms with Crippen LogP contribution in [0, 0.1) is 0 Å². The molecular weight excluding hydrogens is 272 g/mol. The molecule has 0 spiro atoms. The zero-order valence-corrected chi connectivity index (χ0v) is 11.7. The molecule has 2 N–H and O–H groups in total. The number of hydrogen-bond acceptors (Lipinski definition) is 2. The van der Waals surface area contributed by atoms with Gasteiger partial charge in [0.1, 0.15) is 0 Å². The van der Waals surface area contributed by atoms with Crippen LogP contribution in [-0.4, -0.2) is 5.91 Å². The largest absolute Gasteiger partial charge is 0.348 e. The van der Waals surface area contributed by atoms with E-state index in [9.17, 15) is 4.79 Å². The second-order valence-electron chi connectivity index (χ2n) is 4.86. The first-order valence-electron chi connectivity index (χ1n) is 6.58. The first kappa shape index (κ1) is 13.2. The highest BCUT2D eigenvalue weighted by molar-refractivity contribution is 6.31. The normalized spacial score (nSPS) is 13.1. The molecule has 1 aliphatic rings. The number of amides is 1. The Morgan fingerprint density at radius 3 is 2.80 bits per heavy atom. The van der Waals surface area contributed by atoms with Crippen LogP contribution in [0.3, 0.4) is 0 Å². The smallest absolute Gasteiger partial charge is 0.251 e. The van der Waals surface area contributed by atoms with E-state index >= 15 is 0 Å². The van der Waals surface area contributed by atoms with E-state index in [-0.39, 0.29) is 5.91 Å². The molecule has 0 unspecified atom stereocenters. The zero-order valence-electron chi connectivity index (χ0n) is 10.9. The molecule has 3 rings (SSSR count). The highest BCUT2D eigenvalue weighted by Crippen LogP contribution is 2.18. The molecule has 1 amide bonds. The molecule has 3 nitrogen and oxygen atoms in total. The van der Waals surface area contributed by atoms with Gasteiger partial charge in [-0.3, -0.25) is 4.79 Å². The Hall–Kier alpha value is -1.84. The van der Waals surface area contributed by atoms with Crippen LogP contribution in [0.25, 0.3) is 0 Å². The number of benzene rings is 2. The van der Waals surface area contributed by atoms with Crippen LogP contribution >= 0.6 is 11.6 Å². The maximum atomic E-state index is 12.2. The van der Waals surface area contributed by atoms with Crippen molar-refractivity contribution >= 4 is 17.5 Å². The Labute approximate surface area is 123 Å². The Balaban J connectivity index is 1.69. The lowest BCUT2D eigenvalue weighted by Crippen LogP contribution is -2.23. The molecule has 4 heteroatoms. The van der Waals surface area contributed by atoms with Gasteiger partial charge in [-0.05, 0) is 34.9 Å². The SMILES string of the molecule is O=C(NCc1ccccc1Cl)c1ccc2c(c1)CNC2. The second-order valence-corrected chi connectivity index (χ2v) is 5.27. The van der Waals surface area contributed by atoms with Crippen LogP contribution < -0.4 is 10.6 Å². The summed E-state index contributed by atoms with van der Waals surface area (Å²) in [6.07, 6.45) is 0. The minimum Gasteiger partial charge on any atom is -0.348 e. The van der Waals surface area contributed by atoms with Gasteiger partial charge >= 0.3 is 0 Å². The number of hydrogen-bond donors (Lipinski definition) is 2. The van der Waals surface area contributed by atoms with E-state index in [4.69, 9.17) is 11.6 Å². The topological polar surface area (TPSA) is 41.1 Å². The van der Waals surface area contributed by atoms with Gasteiger partial charge in [-0.1, -0.05) is 35.9 Å². The molecule has 1 heterocycles. The first-order valence-corrected chi connectivity index (χ1v) is 6.96. The van der Waals surface area contributed by atoms with Crippen LogP contribution in [0.5, 0.6) is 0 Å². The minimum absolute atomic E-state index is 0.0698. The summed E-state index contributed by atoms with van der Waals surface area (Å²) in [6.45, 7) is 2.16. The molecule has 20 heavy (non-hydrogen) atoms. The molecule has 0 bridgehead atoms. The molecule has 0 saturated carbocycles. The molecule has 0 fully saturated rings. The molecular formula is C16H15ClN2O. The fourth-order valence-corrected chi connectivity index (χ4v) is 2.56. The Bertz CT molecular complexity index is 655. The van der Waals surface area contributed by atoms with Gasteiger partial charge in [-0.2, -0.15) is 0 Å². The number of carbonyl (C=O) groups is 1. The standard InChI is InChI=1S/C16H15ClN2O/c17-15-4-2-1-3-13(15)10-19-16(20)11-5-6-12-8-18-9-14(12)7-11/h1-7,18H,8-10H2,(H,19,20). The van der Waals surface area contributed by atoms with Crippen LogP contribution in [-0.2, 0) is 19.6 Å². The average Bonchev–Trinajstić information content (AvgIpc) is 2.93. The van der Waals surface area contributed by atoms with Crippen molar-refractivity contribution in [2.75, 3.05) is 0 Å². The number of carbonyl (C=O) groups excluding carboxylic acids is 1. The van der Waals surface area contributed by atoms with E-state index in [0.717, 1.165) is 18.7 Å². The van der Waals surface area contributed by atoms with E-state index in [1.165, 1.54) is 11.1 Å². The summed E-state index contributed by atoms with van der Waals surface area (Å²) in [5, 5.41) is 6.85. The molecule has 0 radical (unpaired) electrons. The van der Waals surface area contributed by atoms with Gasteiger partial charge in [0, 0.05) is 30.2 Å². The highest BCUT2D eigenvalue weighted by atomic mass is 35.5. The van der Waals surface area contributed by atoms with Crippen molar-refractivity contribution in [3.05, 3.63) is 69.7 Å². The Kier molecular flexibility index (Phi) is 3.72. The van der Waals surface area contributed by atoms with Crippen molar-refractivity contribution in [3.63, 3.8) is 0 Å². The second kappa shape index (κ2) is 5.65. The molecule has 2 aromatic carbocycles. The Morgan fingerprint density at radius 1 is 1.15 bits per heavy atom. The number of rotatable bonds is 3. The average molecular weight is 287 g/mol. The van der Waals surface area contributed by atoms with E-state index in [2.05, 4.69) is 10.6 Å². The molecule has 0 atom stereocenters. The maximum absolute atomic E-state index is 12.2. The maximum Gasteiger partial charge on any atom is 0.251 e. The van der Waals surface area contributed by atoms with E-state index < -0.39 is 0 Å². The summed E-state index contributed by atoms with van der Waals surface area (Å²) in [5.74, 6) is -0.0698. The van der Waals surface area contributed by atoms with Crippen molar-refractivity contribution in [2.24, 2.45) is 0 Å². The molecule has 2 aromatic rings. The highest BCUT2D eigenvalue weighted by Gasteiger charge is 2.13. The number of fused-ring (bicyclic) bond motifs is 1. The van der Waals surface area contributed by atoms with Gasteiger partial charge in [0.15, 0.2) is 0 Å². The van der Waals surface area contributed by atoms with Crippen molar-refractivity contribution in [1.82, 2.24) is 10.6 Å². The first-order chi connectivity index (χ1) is 9.74. The third-order valence-corrected chi connectivity index (χ3v) is 3.87. The van der Waals surface area contributed by atoms with Crippen LogP contribution in [0.1, 0.15) is 27.0 Å². The summed E-state index contributed by atoms with van der Waals surface area (Å²) in [7, 11) is 0. The third kappa shape index (κ3) is 2.69. The predicted molar refractivity (Wildman–Crippen MR) is 79.6 cm³/mol. The van der Waals surface area contributed by atoms with Gasteiger partial charge in [0.25, 0.3) is 5.91 Å². The molecule has 0 saturated heterocycles. The van der Waals surface area contributed by atoms with Crippen LogP contribution in [0.4, 0.5) is 0 Å². The number of halogens is 1.